The number of anilines is 3. The van der Waals surface area contributed by atoms with Crippen LogP contribution in [0.5, 0.6) is 0 Å². The van der Waals surface area contributed by atoms with Gasteiger partial charge in [0.2, 0.25) is 5.95 Å². The lowest BCUT2D eigenvalue weighted by molar-refractivity contribution is 0.254. The third-order valence-electron chi connectivity index (χ3n) is 5.10. The van der Waals surface area contributed by atoms with E-state index in [1.165, 1.54) is 0 Å². The van der Waals surface area contributed by atoms with Crippen LogP contribution in [0.1, 0.15) is 18.9 Å². The first-order valence-corrected chi connectivity index (χ1v) is 9.22. The second-order valence-electron chi connectivity index (χ2n) is 7.06. The lowest BCUT2D eigenvalue weighted by Crippen LogP contribution is -2.38. The van der Waals surface area contributed by atoms with Gasteiger partial charge in [-0.15, -0.1) is 0 Å². The molecule has 0 atom stereocenters. The van der Waals surface area contributed by atoms with Gasteiger partial charge in [0.15, 0.2) is 0 Å². The van der Waals surface area contributed by atoms with Gasteiger partial charge in [0.05, 0.1) is 16.9 Å². The van der Waals surface area contributed by atoms with E-state index in [1.807, 2.05) is 41.1 Å². The Labute approximate surface area is 161 Å². The van der Waals surface area contributed by atoms with Crippen molar-refractivity contribution in [2.75, 3.05) is 11.1 Å². The maximum Gasteiger partial charge on any atom is 0.227 e. The molecule has 28 heavy (non-hydrogen) atoms. The summed E-state index contributed by atoms with van der Waals surface area (Å²) in [5, 5.41) is 8.84. The lowest BCUT2D eigenvalue weighted by Gasteiger charge is -2.32. The quantitative estimate of drug-likeness (QED) is 0.503. The van der Waals surface area contributed by atoms with Crippen LogP contribution in [0.4, 0.5) is 17.5 Å². The molecule has 1 fully saturated rings. The maximum atomic E-state index is 6.18. The van der Waals surface area contributed by atoms with Gasteiger partial charge in [0.1, 0.15) is 11.5 Å². The second kappa shape index (κ2) is 6.58. The van der Waals surface area contributed by atoms with Gasteiger partial charge in [0.25, 0.3) is 0 Å². The molecule has 4 aromatic rings. The summed E-state index contributed by atoms with van der Waals surface area (Å²) in [6.45, 7) is 0. The molecule has 0 unspecified atom stereocenters. The summed E-state index contributed by atoms with van der Waals surface area (Å²) in [6, 6.07) is 12.3. The molecule has 0 radical (unpaired) electrons. The molecule has 0 bridgehead atoms. The molecule has 1 aliphatic carbocycles. The van der Waals surface area contributed by atoms with E-state index >= 15 is 0 Å². The van der Waals surface area contributed by atoms with Crippen LogP contribution in [0.15, 0.2) is 55.0 Å². The summed E-state index contributed by atoms with van der Waals surface area (Å²) in [7, 11) is 0. The summed E-state index contributed by atoms with van der Waals surface area (Å²) in [4.78, 5) is 13.1. The number of para-hydroxylation sites is 1. The van der Waals surface area contributed by atoms with Crippen LogP contribution in [-0.2, 0) is 0 Å². The molecule has 8 nitrogen and oxygen atoms in total. The van der Waals surface area contributed by atoms with Crippen molar-refractivity contribution in [3.63, 3.8) is 0 Å². The SMILES string of the molecule is Nc1nccc2c1c(-c1cnc(Nc3ccccc3)nc1)nn2C1CC(N)C1. The molecule has 3 aromatic heterocycles. The molecular formula is C20H20N8. The zero-order valence-corrected chi connectivity index (χ0v) is 15.2. The van der Waals surface area contributed by atoms with Gasteiger partial charge >= 0.3 is 0 Å². The number of nitrogens with two attached hydrogens (primary N) is 2. The van der Waals surface area contributed by atoms with E-state index in [0.717, 1.165) is 40.7 Å². The van der Waals surface area contributed by atoms with E-state index in [-0.39, 0.29) is 12.1 Å². The minimum Gasteiger partial charge on any atom is -0.383 e. The third kappa shape index (κ3) is 2.84. The number of nitrogens with zero attached hydrogens (tertiary/aromatic N) is 5. The monoisotopic (exact) mass is 372 g/mol. The molecule has 5 rings (SSSR count). The average Bonchev–Trinajstić information content (AvgIpc) is 3.07. The highest BCUT2D eigenvalue weighted by Gasteiger charge is 2.30. The fourth-order valence-corrected chi connectivity index (χ4v) is 3.59. The molecule has 0 aliphatic heterocycles. The number of aromatic nitrogens is 5. The number of nitrogen functional groups attached to an aromatic ring is 1. The van der Waals surface area contributed by atoms with Crippen LogP contribution in [0.2, 0.25) is 0 Å². The van der Waals surface area contributed by atoms with Gasteiger partial charge in [-0.2, -0.15) is 5.10 Å². The number of hydrogen-bond acceptors (Lipinski definition) is 7. The van der Waals surface area contributed by atoms with Crippen molar-refractivity contribution < 1.29 is 0 Å². The van der Waals surface area contributed by atoms with Crippen LogP contribution in [0.25, 0.3) is 22.2 Å². The Morgan fingerprint density at radius 1 is 1.00 bits per heavy atom. The van der Waals surface area contributed by atoms with Crippen molar-refractivity contribution in [1.29, 1.82) is 0 Å². The molecule has 3 heterocycles. The Bertz CT molecular complexity index is 1110. The van der Waals surface area contributed by atoms with Gasteiger partial charge in [-0.1, -0.05) is 18.2 Å². The molecule has 140 valence electrons. The first-order chi connectivity index (χ1) is 13.7. The standard InChI is InChI=1S/C20H20N8/c21-13-8-15(9-13)28-16-6-7-23-19(22)17(16)18(27-28)12-10-24-20(25-11-12)26-14-4-2-1-3-5-14/h1-7,10-11,13,15H,8-9,21H2,(H2,22,23)(H,24,25,26). The third-order valence-corrected chi connectivity index (χ3v) is 5.10. The fraction of sp³-hybridized carbons (Fsp3) is 0.200. The van der Waals surface area contributed by atoms with E-state index in [0.29, 0.717) is 11.8 Å². The lowest BCUT2D eigenvalue weighted by atomic mass is 9.88. The normalized spacial score (nSPS) is 18.8. The first-order valence-electron chi connectivity index (χ1n) is 9.22. The van der Waals surface area contributed by atoms with E-state index in [1.54, 1.807) is 18.6 Å². The van der Waals surface area contributed by atoms with Crippen LogP contribution < -0.4 is 16.8 Å². The molecule has 1 aliphatic rings. The van der Waals surface area contributed by atoms with E-state index in [4.69, 9.17) is 16.6 Å². The number of nitrogens with one attached hydrogen (secondary N) is 1. The minimum atomic E-state index is 0.235. The number of benzene rings is 1. The number of rotatable bonds is 4. The Balaban J connectivity index is 1.52. The molecule has 0 saturated heterocycles. The van der Waals surface area contributed by atoms with E-state index in [9.17, 15) is 0 Å². The van der Waals surface area contributed by atoms with Crippen molar-refractivity contribution in [3.8, 4) is 11.3 Å². The summed E-state index contributed by atoms with van der Waals surface area (Å²) in [5.74, 6) is 0.976. The summed E-state index contributed by atoms with van der Waals surface area (Å²) in [5.41, 5.74) is 15.6. The number of pyridine rings is 1. The van der Waals surface area contributed by atoms with E-state index < -0.39 is 0 Å². The van der Waals surface area contributed by atoms with Crippen molar-refractivity contribution in [2.45, 2.75) is 24.9 Å². The van der Waals surface area contributed by atoms with Crippen LogP contribution in [0.3, 0.4) is 0 Å². The predicted octanol–water partition coefficient (Wildman–Crippen LogP) is 2.88. The topological polar surface area (TPSA) is 121 Å². The molecule has 0 spiro atoms. The molecule has 5 N–H and O–H groups in total. The molecule has 1 saturated carbocycles. The van der Waals surface area contributed by atoms with Crippen LogP contribution >= 0.6 is 0 Å². The Morgan fingerprint density at radius 3 is 2.46 bits per heavy atom. The predicted molar refractivity (Wildman–Crippen MR) is 109 cm³/mol. The van der Waals surface area contributed by atoms with Gasteiger partial charge in [-0.05, 0) is 31.0 Å². The minimum absolute atomic E-state index is 0.235. The Morgan fingerprint density at radius 2 is 1.75 bits per heavy atom. The van der Waals surface area contributed by atoms with Crippen molar-refractivity contribution in [2.24, 2.45) is 5.73 Å². The van der Waals surface area contributed by atoms with Crippen molar-refractivity contribution >= 4 is 28.4 Å². The summed E-state index contributed by atoms with van der Waals surface area (Å²) < 4.78 is 2.02. The van der Waals surface area contributed by atoms with Gasteiger partial charge in [-0.3, -0.25) is 4.68 Å². The van der Waals surface area contributed by atoms with Crippen LogP contribution in [0, 0.1) is 0 Å². The smallest absolute Gasteiger partial charge is 0.227 e. The maximum absolute atomic E-state index is 6.18. The molecular weight excluding hydrogens is 352 g/mol. The highest BCUT2D eigenvalue weighted by Crippen LogP contribution is 2.37. The Kier molecular flexibility index (Phi) is 3.91. The second-order valence-corrected chi connectivity index (χ2v) is 7.06. The highest BCUT2D eigenvalue weighted by molar-refractivity contribution is 6.00. The molecule has 8 heteroatoms. The number of hydrogen-bond donors (Lipinski definition) is 3. The molecule has 1 aromatic carbocycles. The summed E-state index contributed by atoms with van der Waals surface area (Å²) in [6.07, 6.45) is 7.04. The van der Waals surface area contributed by atoms with Crippen molar-refractivity contribution in [3.05, 3.63) is 55.0 Å². The zero-order valence-electron chi connectivity index (χ0n) is 15.2. The van der Waals surface area contributed by atoms with Crippen molar-refractivity contribution in [1.82, 2.24) is 24.7 Å². The largest absolute Gasteiger partial charge is 0.383 e. The Hall–Kier alpha value is -3.52. The average molecular weight is 372 g/mol. The number of fused-ring (bicyclic) bond motifs is 1. The van der Waals surface area contributed by atoms with Gasteiger partial charge in [-0.25, -0.2) is 15.0 Å². The molecule has 0 amide bonds. The fourth-order valence-electron chi connectivity index (χ4n) is 3.59. The van der Waals surface area contributed by atoms with E-state index in [2.05, 4.69) is 20.3 Å². The first kappa shape index (κ1) is 16.6. The van der Waals surface area contributed by atoms with Gasteiger partial charge < -0.3 is 16.8 Å². The van der Waals surface area contributed by atoms with Crippen LogP contribution in [-0.4, -0.2) is 30.8 Å². The summed E-state index contributed by atoms with van der Waals surface area (Å²) >= 11 is 0. The highest BCUT2D eigenvalue weighted by atomic mass is 15.3. The zero-order chi connectivity index (χ0) is 19.1. The van der Waals surface area contributed by atoms with Gasteiger partial charge in [0, 0.05) is 35.9 Å².